The molecule has 0 saturated heterocycles. The fourth-order valence-electron chi connectivity index (χ4n) is 2.29. The molecule has 4 nitrogen and oxygen atoms in total. The van der Waals surface area contributed by atoms with Gasteiger partial charge in [0, 0.05) is 16.1 Å². The van der Waals surface area contributed by atoms with E-state index in [0.29, 0.717) is 16.6 Å². The maximum atomic E-state index is 11.2. The summed E-state index contributed by atoms with van der Waals surface area (Å²) < 4.78 is 1.84. The standard InChI is InChI=1S/C14H13ClN2O2/c1-8-12(14(18)19)16-17(11-5-6-11)13(8)9-3-2-4-10(15)7-9/h2-4,7,11H,5-6H2,1H3,(H,18,19). The van der Waals surface area contributed by atoms with Crippen LogP contribution in [0.5, 0.6) is 0 Å². The molecule has 1 aromatic heterocycles. The van der Waals surface area contributed by atoms with Crippen molar-refractivity contribution in [2.24, 2.45) is 0 Å². The van der Waals surface area contributed by atoms with Gasteiger partial charge in [0.2, 0.25) is 0 Å². The molecule has 2 aromatic rings. The summed E-state index contributed by atoms with van der Waals surface area (Å²) in [7, 11) is 0. The number of benzene rings is 1. The molecule has 1 aromatic carbocycles. The number of rotatable bonds is 3. The fourth-order valence-corrected chi connectivity index (χ4v) is 2.48. The van der Waals surface area contributed by atoms with Crippen LogP contribution >= 0.6 is 11.6 Å². The Labute approximate surface area is 115 Å². The summed E-state index contributed by atoms with van der Waals surface area (Å²) in [6.07, 6.45) is 2.10. The van der Waals surface area contributed by atoms with Crippen LogP contribution in [0.2, 0.25) is 5.02 Å². The van der Waals surface area contributed by atoms with E-state index in [4.69, 9.17) is 11.6 Å². The molecular formula is C14H13ClN2O2. The highest BCUT2D eigenvalue weighted by atomic mass is 35.5. The summed E-state index contributed by atoms with van der Waals surface area (Å²) in [4.78, 5) is 11.2. The van der Waals surface area contributed by atoms with Crippen LogP contribution in [0.15, 0.2) is 24.3 Å². The predicted octanol–water partition coefficient (Wildman–Crippen LogP) is 3.55. The average molecular weight is 277 g/mol. The van der Waals surface area contributed by atoms with Gasteiger partial charge in [0.1, 0.15) is 0 Å². The summed E-state index contributed by atoms with van der Waals surface area (Å²) in [5, 5.41) is 14.1. The lowest BCUT2D eigenvalue weighted by molar-refractivity contribution is 0.0688. The second kappa shape index (κ2) is 4.38. The van der Waals surface area contributed by atoms with Gasteiger partial charge in [-0.2, -0.15) is 5.10 Å². The maximum absolute atomic E-state index is 11.2. The van der Waals surface area contributed by atoms with Crippen molar-refractivity contribution in [3.8, 4) is 11.3 Å². The molecule has 0 amide bonds. The highest BCUT2D eigenvalue weighted by Gasteiger charge is 2.31. The van der Waals surface area contributed by atoms with E-state index < -0.39 is 5.97 Å². The molecule has 3 rings (SSSR count). The SMILES string of the molecule is Cc1c(C(=O)O)nn(C2CC2)c1-c1cccc(Cl)c1. The molecule has 0 bridgehead atoms. The first kappa shape index (κ1) is 12.2. The summed E-state index contributed by atoms with van der Waals surface area (Å²) in [5.41, 5.74) is 2.60. The van der Waals surface area contributed by atoms with Gasteiger partial charge in [-0.1, -0.05) is 23.7 Å². The lowest BCUT2D eigenvalue weighted by Gasteiger charge is -2.07. The van der Waals surface area contributed by atoms with Gasteiger partial charge >= 0.3 is 5.97 Å². The topological polar surface area (TPSA) is 55.1 Å². The van der Waals surface area contributed by atoms with Gasteiger partial charge in [-0.3, -0.25) is 4.68 Å². The molecular weight excluding hydrogens is 264 g/mol. The molecule has 0 aliphatic heterocycles. The minimum absolute atomic E-state index is 0.127. The van der Waals surface area contributed by atoms with Crippen molar-refractivity contribution in [3.63, 3.8) is 0 Å². The average Bonchev–Trinajstić information content (AvgIpc) is 3.13. The number of carbonyl (C=O) groups is 1. The molecule has 1 aliphatic carbocycles. The predicted molar refractivity (Wildman–Crippen MR) is 72.6 cm³/mol. The van der Waals surface area contributed by atoms with Crippen LogP contribution in [-0.4, -0.2) is 20.9 Å². The zero-order chi connectivity index (χ0) is 13.6. The zero-order valence-electron chi connectivity index (χ0n) is 10.4. The number of aromatic nitrogens is 2. The number of hydrogen-bond donors (Lipinski definition) is 1. The first-order valence-corrected chi connectivity index (χ1v) is 6.54. The third kappa shape index (κ3) is 2.12. The molecule has 1 saturated carbocycles. The van der Waals surface area contributed by atoms with Gasteiger partial charge in [0.05, 0.1) is 11.7 Å². The van der Waals surface area contributed by atoms with Gasteiger partial charge in [-0.05, 0) is 31.9 Å². The monoisotopic (exact) mass is 276 g/mol. The Kier molecular flexibility index (Phi) is 2.82. The summed E-state index contributed by atoms with van der Waals surface area (Å²) >= 11 is 6.02. The number of carboxylic acids is 1. The van der Waals surface area contributed by atoms with E-state index in [2.05, 4.69) is 5.10 Å². The first-order valence-electron chi connectivity index (χ1n) is 6.16. The van der Waals surface area contributed by atoms with Crippen LogP contribution in [0.3, 0.4) is 0 Å². The number of halogens is 1. The fraction of sp³-hybridized carbons (Fsp3) is 0.286. The Morgan fingerprint density at radius 2 is 2.21 bits per heavy atom. The van der Waals surface area contributed by atoms with Gasteiger partial charge in [0.25, 0.3) is 0 Å². The molecule has 0 spiro atoms. The third-order valence-electron chi connectivity index (χ3n) is 3.34. The van der Waals surface area contributed by atoms with E-state index in [0.717, 1.165) is 24.1 Å². The molecule has 0 radical (unpaired) electrons. The van der Waals surface area contributed by atoms with E-state index in [1.807, 2.05) is 22.9 Å². The molecule has 5 heteroatoms. The highest BCUT2D eigenvalue weighted by Crippen LogP contribution is 2.40. The van der Waals surface area contributed by atoms with Crippen molar-refractivity contribution < 1.29 is 9.90 Å². The normalized spacial score (nSPS) is 14.6. The molecule has 1 N–H and O–H groups in total. The van der Waals surface area contributed by atoms with E-state index in [1.54, 1.807) is 13.0 Å². The number of hydrogen-bond acceptors (Lipinski definition) is 2. The smallest absolute Gasteiger partial charge is 0.356 e. The molecule has 1 fully saturated rings. The van der Waals surface area contributed by atoms with Crippen LogP contribution in [0, 0.1) is 6.92 Å². The van der Waals surface area contributed by atoms with Gasteiger partial charge in [0.15, 0.2) is 5.69 Å². The Morgan fingerprint density at radius 3 is 2.79 bits per heavy atom. The van der Waals surface area contributed by atoms with Crippen LogP contribution in [-0.2, 0) is 0 Å². The van der Waals surface area contributed by atoms with E-state index in [9.17, 15) is 9.90 Å². The number of nitrogens with zero attached hydrogens (tertiary/aromatic N) is 2. The maximum Gasteiger partial charge on any atom is 0.356 e. The van der Waals surface area contributed by atoms with Crippen LogP contribution in [0.1, 0.15) is 34.9 Å². The lowest BCUT2D eigenvalue weighted by Crippen LogP contribution is -2.02. The third-order valence-corrected chi connectivity index (χ3v) is 3.58. The number of aromatic carboxylic acids is 1. The number of carboxylic acid groups (broad SMARTS) is 1. The van der Waals surface area contributed by atoms with Crippen molar-refractivity contribution in [3.05, 3.63) is 40.5 Å². The van der Waals surface area contributed by atoms with Crippen molar-refractivity contribution in [1.82, 2.24) is 9.78 Å². The van der Waals surface area contributed by atoms with Gasteiger partial charge in [-0.25, -0.2) is 4.79 Å². The molecule has 1 aliphatic rings. The van der Waals surface area contributed by atoms with Gasteiger partial charge < -0.3 is 5.11 Å². The quantitative estimate of drug-likeness (QED) is 0.933. The minimum Gasteiger partial charge on any atom is -0.476 e. The molecule has 0 atom stereocenters. The molecule has 19 heavy (non-hydrogen) atoms. The van der Waals surface area contributed by atoms with Crippen LogP contribution < -0.4 is 0 Å². The minimum atomic E-state index is -0.986. The van der Waals surface area contributed by atoms with Gasteiger partial charge in [-0.15, -0.1) is 0 Å². The summed E-state index contributed by atoms with van der Waals surface area (Å²) in [6, 6.07) is 7.76. The first-order chi connectivity index (χ1) is 9.08. The Morgan fingerprint density at radius 1 is 1.47 bits per heavy atom. The van der Waals surface area contributed by atoms with Crippen molar-refractivity contribution in [2.75, 3.05) is 0 Å². The van der Waals surface area contributed by atoms with E-state index in [1.165, 1.54) is 0 Å². The second-order valence-electron chi connectivity index (χ2n) is 4.81. The van der Waals surface area contributed by atoms with E-state index >= 15 is 0 Å². The Balaban J connectivity index is 2.21. The van der Waals surface area contributed by atoms with Crippen molar-refractivity contribution in [2.45, 2.75) is 25.8 Å². The van der Waals surface area contributed by atoms with Crippen LogP contribution in [0.25, 0.3) is 11.3 Å². The highest BCUT2D eigenvalue weighted by molar-refractivity contribution is 6.30. The molecule has 1 heterocycles. The zero-order valence-corrected chi connectivity index (χ0v) is 11.2. The summed E-state index contributed by atoms with van der Waals surface area (Å²) in [5.74, 6) is -0.986. The van der Waals surface area contributed by atoms with E-state index in [-0.39, 0.29) is 5.69 Å². The largest absolute Gasteiger partial charge is 0.476 e. The molecule has 0 unspecified atom stereocenters. The van der Waals surface area contributed by atoms with Crippen LogP contribution in [0.4, 0.5) is 0 Å². The Hall–Kier alpha value is -1.81. The van der Waals surface area contributed by atoms with Crippen molar-refractivity contribution >= 4 is 17.6 Å². The van der Waals surface area contributed by atoms with Crippen molar-refractivity contribution in [1.29, 1.82) is 0 Å². The second-order valence-corrected chi connectivity index (χ2v) is 5.25. The molecule has 98 valence electrons. The summed E-state index contributed by atoms with van der Waals surface area (Å²) in [6.45, 7) is 1.80. The lowest BCUT2D eigenvalue weighted by atomic mass is 10.1. The Bertz CT molecular complexity index is 659.